The smallest absolute Gasteiger partial charge is 0.227 e. The summed E-state index contributed by atoms with van der Waals surface area (Å²) in [5.74, 6) is 1.83. The van der Waals surface area contributed by atoms with E-state index >= 15 is 0 Å². The zero-order valence-corrected chi connectivity index (χ0v) is 16.5. The van der Waals surface area contributed by atoms with Crippen LogP contribution in [-0.2, 0) is 11.2 Å². The van der Waals surface area contributed by atoms with Crippen LogP contribution in [0.25, 0.3) is 11.4 Å². The Morgan fingerprint density at radius 2 is 1.93 bits per heavy atom. The fraction of sp³-hybridized carbons (Fsp3) is 0.250. The second kappa shape index (κ2) is 8.75. The van der Waals surface area contributed by atoms with Gasteiger partial charge in [-0.3, -0.25) is 4.79 Å². The molecule has 146 valence electrons. The number of nitrogens with zero attached hydrogens (tertiary/aromatic N) is 2. The zero-order chi connectivity index (χ0) is 20.1. The summed E-state index contributed by atoms with van der Waals surface area (Å²) in [6.07, 6.45) is 0.533. The largest absolute Gasteiger partial charge is 0.493 e. The maximum absolute atomic E-state index is 12.2. The zero-order valence-electron chi connectivity index (χ0n) is 15.8. The van der Waals surface area contributed by atoms with Crippen LogP contribution in [0.3, 0.4) is 0 Å². The topological polar surface area (TPSA) is 86.5 Å². The summed E-state index contributed by atoms with van der Waals surface area (Å²) < 4.78 is 15.8. The molecule has 0 atom stereocenters. The molecule has 8 heteroatoms. The number of carbonyl (C=O) groups is 1. The fourth-order valence-corrected chi connectivity index (χ4v) is 2.78. The molecule has 0 bridgehead atoms. The highest BCUT2D eigenvalue weighted by Gasteiger charge is 2.14. The van der Waals surface area contributed by atoms with E-state index in [4.69, 9.17) is 25.6 Å². The van der Waals surface area contributed by atoms with Gasteiger partial charge in [0.2, 0.25) is 17.6 Å². The monoisotopic (exact) mass is 401 g/mol. The third kappa shape index (κ3) is 4.61. The van der Waals surface area contributed by atoms with E-state index < -0.39 is 0 Å². The van der Waals surface area contributed by atoms with Gasteiger partial charge in [-0.25, -0.2) is 0 Å². The minimum Gasteiger partial charge on any atom is -0.493 e. The van der Waals surface area contributed by atoms with Crippen LogP contribution in [0, 0.1) is 6.92 Å². The van der Waals surface area contributed by atoms with E-state index in [0.29, 0.717) is 40.3 Å². The molecular weight excluding hydrogens is 382 g/mol. The number of carbonyl (C=O) groups excluding carboxylic acids is 1. The van der Waals surface area contributed by atoms with Crippen LogP contribution in [-0.4, -0.2) is 30.3 Å². The summed E-state index contributed by atoms with van der Waals surface area (Å²) in [7, 11) is 3.13. The standard InChI is InChI=1S/C20H20ClN3O4/c1-12-4-6-14(21)11-15(12)22-18(25)8-9-19-23-20(24-28-19)13-5-7-16(26-2)17(10-13)27-3/h4-7,10-11H,8-9H2,1-3H3,(H,22,25). The van der Waals surface area contributed by atoms with Crippen LogP contribution in [0.4, 0.5) is 5.69 Å². The van der Waals surface area contributed by atoms with Crippen LogP contribution < -0.4 is 14.8 Å². The molecule has 28 heavy (non-hydrogen) atoms. The van der Waals surface area contributed by atoms with Crippen molar-refractivity contribution in [1.29, 1.82) is 0 Å². The van der Waals surface area contributed by atoms with Crippen LogP contribution in [0.1, 0.15) is 17.9 Å². The highest BCUT2D eigenvalue weighted by atomic mass is 35.5. The summed E-state index contributed by atoms with van der Waals surface area (Å²) >= 11 is 5.97. The Kier molecular flexibility index (Phi) is 6.16. The lowest BCUT2D eigenvalue weighted by Crippen LogP contribution is -2.13. The number of aromatic nitrogens is 2. The van der Waals surface area contributed by atoms with Crippen LogP contribution in [0.2, 0.25) is 5.02 Å². The lowest BCUT2D eigenvalue weighted by Gasteiger charge is -2.08. The Balaban J connectivity index is 1.63. The number of hydrogen-bond acceptors (Lipinski definition) is 6. The second-order valence-corrected chi connectivity index (χ2v) is 6.53. The summed E-state index contributed by atoms with van der Waals surface area (Å²) in [4.78, 5) is 16.6. The van der Waals surface area contributed by atoms with Crippen molar-refractivity contribution in [3.8, 4) is 22.9 Å². The van der Waals surface area contributed by atoms with Gasteiger partial charge in [0.25, 0.3) is 0 Å². The number of hydrogen-bond donors (Lipinski definition) is 1. The first-order valence-electron chi connectivity index (χ1n) is 8.61. The molecule has 3 aromatic rings. The van der Waals surface area contributed by atoms with E-state index in [2.05, 4.69) is 15.5 Å². The quantitative estimate of drug-likeness (QED) is 0.635. The number of rotatable bonds is 7. The fourth-order valence-electron chi connectivity index (χ4n) is 2.61. The summed E-state index contributed by atoms with van der Waals surface area (Å²) in [6, 6.07) is 10.7. The number of nitrogens with one attached hydrogen (secondary N) is 1. The number of halogens is 1. The maximum atomic E-state index is 12.2. The van der Waals surface area contributed by atoms with Crippen molar-refractivity contribution in [2.45, 2.75) is 19.8 Å². The molecule has 0 aliphatic heterocycles. The minimum absolute atomic E-state index is 0.156. The molecule has 0 aliphatic carbocycles. The molecule has 7 nitrogen and oxygen atoms in total. The van der Waals surface area contributed by atoms with Crippen LogP contribution >= 0.6 is 11.6 Å². The summed E-state index contributed by atoms with van der Waals surface area (Å²) in [6.45, 7) is 1.90. The second-order valence-electron chi connectivity index (χ2n) is 6.09. The van der Waals surface area contributed by atoms with E-state index in [9.17, 15) is 4.79 Å². The molecule has 1 heterocycles. The van der Waals surface area contributed by atoms with Crippen molar-refractivity contribution >= 4 is 23.2 Å². The van der Waals surface area contributed by atoms with E-state index in [-0.39, 0.29) is 12.3 Å². The normalized spacial score (nSPS) is 10.6. The van der Waals surface area contributed by atoms with Crippen molar-refractivity contribution in [1.82, 2.24) is 10.1 Å². The molecule has 0 saturated carbocycles. The minimum atomic E-state index is -0.156. The third-order valence-electron chi connectivity index (χ3n) is 4.15. The average Bonchev–Trinajstić information content (AvgIpc) is 3.17. The number of ether oxygens (including phenoxy) is 2. The SMILES string of the molecule is COc1ccc(-c2noc(CCC(=O)Nc3cc(Cl)ccc3C)n2)cc1OC. The van der Waals surface area contributed by atoms with Crippen LogP contribution in [0.5, 0.6) is 11.5 Å². The van der Waals surface area contributed by atoms with Crippen LogP contribution in [0.15, 0.2) is 40.9 Å². The Labute approximate surface area is 167 Å². The van der Waals surface area contributed by atoms with Crippen molar-refractivity contribution in [3.63, 3.8) is 0 Å². The van der Waals surface area contributed by atoms with E-state index in [0.717, 1.165) is 11.1 Å². The predicted octanol–water partition coefficient (Wildman–Crippen LogP) is 4.29. The van der Waals surface area contributed by atoms with Gasteiger partial charge < -0.3 is 19.3 Å². The summed E-state index contributed by atoms with van der Waals surface area (Å²) in [5.41, 5.74) is 2.35. The van der Waals surface area contributed by atoms with Gasteiger partial charge in [-0.1, -0.05) is 22.8 Å². The van der Waals surface area contributed by atoms with Gasteiger partial charge in [0.05, 0.1) is 14.2 Å². The predicted molar refractivity (Wildman–Crippen MR) is 106 cm³/mol. The molecular formula is C20H20ClN3O4. The molecule has 1 N–H and O–H groups in total. The number of benzene rings is 2. The molecule has 1 aromatic heterocycles. The third-order valence-corrected chi connectivity index (χ3v) is 4.38. The van der Waals surface area contributed by atoms with Gasteiger partial charge in [-0.2, -0.15) is 4.98 Å². The molecule has 0 radical (unpaired) electrons. The molecule has 0 spiro atoms. The van der Waals surface area contributed by atoms with Gasteiger partial charge in [-0.15, -0.1) is 0 Å². The molecule has 2 aromatic carbocycles. The molecule has 3 rings (SSSR count). The number of anilines is 1. The van der Waals surface area contributed by atoms with Crippen molar-refractivity contribution in [2.75, 3.05) is 19.5 Å². The first-order chi connectivity index (χ1) is 13.5. The highest BCUT2D eigenvalue weighted by Crippen LogP contribution is 2.31. The Morgan fingerprint density at radius 3 is 2.68 bits per heavy atom. The molecule has 0 saturated heterocycles. The van der Waals surface area contributed by atoms with Crippen molar-refractivity contribution < 1.29 is 18.8 Å². The number of methoxy groups -OCH3 is 2. The first-order valence-corrected chi connectivity index (χ1v) is 8.99. The molecule has 0 aliphatic rings. The molecule has 0 fully saturated rings. The lowest BCUT2D eigenvalue weighted by atomic mass is 10.2. The van der Waals surface area contributed by atoms with E-state index in [1.165, 1.54) is 0 Å². The average molecular weight is 402 g/mol. The maximum Gasteiger partial charge on any atom is 0.227 e. The molecule has 1 amide bonds. The Hall–Kier alpha value is -3.06. The lowest BCUT2D eigenvalue weighted by molar-refractivity contribution is -0.116. The van der Waals surface area contributed by atoms with Gasteiger partial charge in [0, 0.05) is 29.1 Å². The van der Waals surface area contributed by atoms with Gasteiger partial charge >= 0.3 is 0 Å². The van der Waals surface area contributed by atoms with Gasteiger partial charge in [-0.05, 0) is 42.8 Å². The number of aryl methyl sites for hydroxylation is 2. The Bertz CT molecular complexity index is 987. The van der Waals surface area contributed by atoms with E-state index in [1.807, 2.05) is 19.1 Å². The highest BCUT2D eigenvalue weighted by molar-refractivity contribution is 6.31. The summed E-state index contributed by atoms with van der Waals surface area (Å²) in [5, 5.41) is 7.38. The Morgan fingerprint density at radius 1 is 1.14 bits per heavy atom. The van der Waals surface area contributed by atoms with Crippen molar-refractivity contribution in [2.24, 2.45) is 0 Å². The van der Waals surface area contributed by atoms with E-state index in [1.54, 1.807) is 38.5 Å². The molecule has 0 unspecified atom stereocenters. The first kappa shape index (κ1) is 19.7. The number of amides is 1. The van der Waals surface area contributed by atoms with Gasteiger partial charge in [0.15, 0.2) is 11.5 Å². The van der Waals surface area contributed by atoms with Gasteiger partial charge in [0.1, 0.15) is 0 Å². The van der Waals surface area contributed by atoms with Crippen molar-refractivity contribution in [3.05, 3.63) is 52.9 Å².